The Hall–Kier alpha value is -3.20. The van der Waals surface area contributed by atoms with Crippen molar-refractivity contribution in [3.8, 4) is 11.4 Å². The van der Waals surface area contributed by atoms with Gasteiger partial charge in [-0.05, 0) is 30.3 Å². The first kappa shape index (κ1) is 17.6. The van der Waals surface area contributed by atoms with E-state index in [1.807, 2.05) is 0 Å². The number of halogens is 1. The third kappa shape index (κ3) is 4.45. The Kier molecular flexibility index (Phi) is 5.28. The highest BCUT2D eigenvalue weighted by Crippen LogP contribution is 2.18. The molecule has 9 heteroatoms. The average molecular weight is 417 g/mol. The van der Waals surface area contributed by atoms with E-state index in [1.54, 1.807) is 48.5 Å². The molecule has 8 nitrogen and oxygen atoms in total. The van der Waals surface area contributed by atoms with Gasteiger partial charge in [0.2, 0.25) is 5.91 Å². The fourth-order valence-corrected chi connectivity index (χ4v) is 2.60. The van der Waals surface area contributed by atoms with Crippen LogP contribution in [0.25, 0.3) is 11.4 Å². The number of carbonyl (C=O) groups is 2. The lowest BCUT2D eigenvalue weighted by atomic mass is 10.2. The number of carbonyl (C=O) groups excluding carboxylic acids is 2. The van der Waals surface area contributed by atoms with E-state index >= 15 is 0 Å². The third-order valence-corrected chi connectivity index (χ3v) is 3.85. The molecule has 1 aromatic heterocycles. The second-order valence-electron chi connectivity index (χ2n) is 5.27. The molecule has 2 aromatic carbocycles. The second-order valence-corrected chi connectivity index (χ2v) is 6.18. The molecule has 0 spiro atoms. The van der Waals surface area contributed by atoms with Crippen molar-refractivity contribution in [3.63, 3.8) is 0 Å². The van der Waals surface area contributed by atoms with Crippen molar-refractivity contribution in [3.05, 3.63) is 69.1 Å². The zero-order chi connectivity index (χ0) is 18.5. The Labute approximate surface area is 155 Å². The van der Waals surface area contributed by atoms with Gasteiger partial charge in [0.1, 0.15) is 0 Å². The summed E-state index contributed by atoms with van der Waals surface area (Å²) in [4.78, 5) is 37.5. The van der Waals surface area contributed by atoms with Gasteiger partial charge < -0.3 is 10.6 Å². The minimum Gasteiger partial charge on any atom is -0.343 e. The summed E-state index contributed by atoms with van der Waals surface area (Å²) in [6.45, 7) is -0.184. The molecule has 132 valence electrons. The van der Waals surface area contributed by atoms with Gasteiger partial charge in [0.15, 0.2) is 5.82 Å². The molecular weight excluding hydrogens is 404 g/mol. The topological polar surface area (TPSA) is 117 Å². The predicted molar refractivity (Wildman–Crippen MR) is 97.7 cm³/mol. The van der Waals surface area contributed by atoms with Crippen LogP contribution in [-0.2, 0) is 4.79 Å². The lowest BCUT2D eigenvalue weighted by Gasteiger charge is -2.08. The average Bonchev–Trinajstić information content (AvgIpc) is 3.06. The van der Waals surface area contributed by atoms with Crippen LogP contribution in [0.15, 0.2) is 62.3 Å². The fourth-order valence-electron chi connectivity index (χ4n) is 2.20. The van der Waals surface area contributed by atoms with Crippen molar-refractivity contribution in [2.45, 2.75) is 0 Å². The molecule has 0 saturated heterocycles. The Morgan fingerprint density at radius 3 is 2.69 bits per heavy atom. The summed E-state index contributed by atoms with van der Waals surface area (Å²) in [7, 11) is 0. The van der Waals surface area contributed by atoms with Gasteiger partial charge in [-0.2, -0.15) is 0 Å². The Morgan fingerprint density at radius 1 is 1.15 bits per heavy atom. The van der Waals surface area contributed by atoms with Crippen molar-refractivity contribution in [1.29, 1.82) is 0 Å². The van der Waals surface area contributed by atoms with Crippen molar-refractivity contribution < 1.29 is 14.1 Å². The highest BCUT2D eigenvalue weighted by molar-refractivity contribution is 9.10. The molecule has 0 fully saturated rings. The summed E-state index contributed by atoms with van der Waals surface area (Å²) in [5.74, 6) is -1.15. The molecule has 0 aliphatic rings. The van der Waals surface area contributed by atoms with Crippen LogP contribution in [0.3, 0.4) is 0 Å². The van der Waals surface area contributed by atoms with Crippen LogP contribution in [0, 0.1) is 0 Å². The van der Waals surface area contributed by atoms with E-state index in [-0.39, 0.29) is 24.2 Å². The zero-order valence-corrected chi connectivity index (χ0v) is 14.9. The van der Waals surface area contributed by atoms with E-state index in [9.17, 15) is 14.4 Å². The molecule has 0 aliphatic heterocycles. The number of aromatic nitrogens is 2. The van der Waals surface area contributed by atoms with Gasteiger partial charge >= 0.3 is 5.76 Å². The van der Waals surface area contributed by atoms with E-state index < -0.39 is 5.76 Å². The number of nitrogens with one attached hydrogen (secondary N) is 3. The first-order valence-electron chi connectivity index (χ1n) is 7.51. The molecule has 0 atom stereocenters. The molecule has 1 heterocycles. The Balaban J connectivity index is 1.60. The first-order chi connectivity index (χ1) is 12.5. The minimum atomic E-state index is -0.662. The molecule has 0 aliphatic carbocycles. The van der Waals surface area contributed by atoms with E-state index in [4.69, 9.17) is 0 Å². The predicted octanol–water partition coefficient (Wildman–Crippen LogP) is 2.16. The lowest BCUT2D eigenvalue weighted by Crippen LogP contribution is -2.32. The second kappa shape index (κ2) is 7.79. The largest absolute Gasteiger partial charge is 0.439 e. The number of benzene rings is 2. The molecule has 26 heavy (non-hydrogen) atoms. The van der Waals surface area contributed by atoms with Crippen LogP contribution in [-0.4, -0.2) is 28.5 Å². The lowest BCUT2D eigenvalue weighted by molar-refractivity contribution is -0.115. The molecular formula is C17H13BrN4O4. The number of aromatic amines is 1. The van der Waals surface area contributed by atoms with Crippen LogP contribution < -0.4 is 16.4 Å². The van der Waals surface area contributed by atoms with Crippen molar-refractivity contribution in [2.75, 3.05) is 11.9 Å². The van der Waals surface area contributed by atoms with Gasteiger partial charge in [0.05, 0.1) is 6.54 Å². The zero-order valence-electron chi connectivity index (χ0n) is 13.3. The summed E-state index contributed by atoms with van der Waals surface area (Å²) in [5, 5.41) is 8.80. The maximum atomic E-state index is 12.0. The van der Waals surface area contributed by atoms with Gasteiger partial charge in [-0.25, -0.2) is 4.79 Å². The van der Waals surface area contributed by atoms with E-state index in [1.165, 1.54) is 0 Å². The molecule has 0 bridgehead atoms. The van der Waals surface area contributed by atoms with Crippen molar-refractivity contribution >= 4 is 33.4 Å². The molecule has 3 aromatic rings. The third-order valence-electron chi connectivity index (χ3n) is 3.36. The van der Waals surface area contributed by atoms with Crippen LogP contribution in [0.5, 0.6) is 0 Å². The number of amides is 2. The molecule has 2 amide bonds. The van der Waals surface area contributed by atoms with E-state index in [2.05, 4.69) is 41.2 Å². The molecule has 0 saturated carbocycles. The summed E-state index contributed by atoms with van der Waals surface area (Å²) >= 11 is 3.29. The van der Waals surface area contributed by atoms with Gasteiger partial charge in [-0.1, -0.05) is 39.3 Å². The van der Waals surface area contributed by atoms with Gasteiger partial charge in [-0.3, -0.25) is 19.1 Å². The van der Waals surface area contributed by atoms with Gasteiger partial charge in [0, 0.05) is 21.3 Å². The minimum absolute atomic E-state index is 0.184. The molecule has 0 radical (unpaired) electrons. The maximum absolute atomic E-state index is 12.0. The maximum Gasteiger partial charge on any atom is 0.439 e. The SMILES string of the molecule is O=C(CNC(=O)c1cccc(Br)c1)Nc1cccc(-c2noc(=O)[nH]2)c1. The summed E-state index contributed by atoms with van der Waals surface area (Å²) in [6, 6.07) is 13.6. The summed E-state index contributed by atoms with van der Waals surface area (Å²) < 4.78 is 5.23. The number of rotatable bonds is 5. The van der Waals surface area contributed by atoms with Gasteiger partial charge in [-0.15, -0.1) is 0 Å². The van der Waals surface area contributed by atoms with Crippen LogP contribution >= 0.6 is 15.9 Å². The first-order valence-corrected chi connectivity index (χ1v) is 8.30. The Bertz CT molecular complexity index is 1010. The normalized spacial score (nSPS) is 10.3. The number of nitrogens with zero attached hydrogens (tertiary/aromatic N) is 1. The number of hydrogen-bond donors (Lipinski definition) is 3. The highest BCUT2D eigenvalue weighted by atomic mass is 79.9. The number of anilines is 1. The molecule has 3 rings (SSSR count). The Morgan fingerprint density at radius 2 is 1.96 bits per heavy atom. The highest BCUT2D eigenvalue weighted by Gasteiger charge is 2.10. The molecule has 0 unspecified atom stereocenters. The van der Waals surface area contributed by atoms with Crippen LogP contribution in [0.2, 0.25) is 0 Å². The van der Waals surface area contributed by atoms with Crippen LogP contribution in [0.4, 0.5) is 5.69 Å². The monoisotopic (exact) mass is 416 g/mol. The summed E-state index contributed by atoms with van der Waals surface area (Å²) in [5.41, 5.74) is 1.52. The number of H-pyrrole nitrogens is 1. The summed E-state index contributed by atoms with van der Waals surface area (Å²) in [6.07, 6.45) is 0. The van der Waals surface area contributed by atoms with E-state index in [0.717, 1.165) is 4.47 Å². The molecule has 3 N–H and O–H groups in total. The number of hydrogen-bond acceptors (Lipinski definition) is 5. The van der Waals surface area contributed by atoms with Crippen molar-refractivity contribution in [1.82, 2.24) is 15.5 Å². The standard InChI is InChI=1S/C17H13BrN4O4/c18-12-5-1-4-11(7-12)16(24)19-9-14(23)20-13-6-2-3-10(8-13)15-21-17(25)26-22-15/h1-8H,9H2,(H,19,24)(H,20,23)(H,21,22,25). The van der Waals surface area contributed by atoms with E-state index in [0.29, 0.717) is 16.8 Å². The van der Waals surface area contributed by atoms with Gasteiger partial charge in [0.25, 0.3) is 5.91 Å². The fraction of sp³-hybridized carbons (Fsp3) is 0.0588. The van der Waals surface area contributed by atoms with Crippen LogP contribution in [0.1, 0.15) is 10.4 Å². The van der Waals surface area contributed by atoms with Crippen molar-refractivity contribution in [2.24, 2.45) is 0 Å². The smallest absolute Gasteiger partial charge is 0.343 e. The quantitative estimate of drug-likeness (QED) is 0.588.